The first-order chi connectivity index (χ1) is 28.3. The Labute approximate surface area is 381 Å². The van der Waals surface area contributed by atoms with Gasteiger partial charge in [0.05, 0.1) is 23.1 Å². The average Bonchev–Trinajstić information content (AvgIpc) is 3.44. The van der Waals surface area contributed by atoms with Gasteiger partial charge in [-0.25, -0.2) is 13.1 Å². The molecule has 0 radical (unpaired) electrons. The zero-order valence-corrected chi connectivity index (χ0v) is 41.5. The van der Waals surface area contributed by atoms with Gasteiger partial charge in [0.15, 0.2) is 0 Å². The first-order valence-corrected chi connectivity index (χ1v) is 24.7. The summed E-state index contributed by atoms with van der Waals surface area (Å²) in [5, 5.41) is 5.56. The first kappa shape index (κ1) is 52.3. The minimum Gasteiger partial charge on any atom is -0.342 e. The molecule has 3 rings (SSSR count). The minimum atomic E-state index is -4.06. The highest BCUT2D eigenvalue weighted by Crippen LogP contribution is 2.33. The second-order valence-corrected chi connectivity index (χ2v) is 22.9. The van der Waals surface area contributed by atoms with Gasteiger partial charge < -0.3 is 15.5 Å². The summed E-state index contributed by atoms with van der Waals surface area (Å²) in [5.41, 5.74) is 2.54. The smallest absolute Gasteiger partial charge is 0.260 e. The Hall–Kier alpha value is -3.07. The molecule has 2 aliphatic rings. The number of hydrogen-bond acceptors (Lipinski definition) is 11. The number of nitrogens with zero attached hydrogens (tertiary/aromatic N) is 3. The molecule has 4 atom stereocenters. The number of sulfonamides is 1. The van der Waals surface area contributed by atoms with Crippen LogP contribution in [-0.2, 0) is 44.2 Å². The van der Waals surface area contributed by atoms with Crippen molar-refractivity contribution < 1.29 is 37.2 Å². The lowest BCUT2D eigenvalue weighted by Gasteiger charge is -2.40. The van der Waals surface area contributed by atoms with Gasteiger partial charge >= 0.3 is 0 Å². The van der Waals surface area contributed by atoms with E-state index >= 15 is 0 Å². The number of carbonyl (C=O) groups is 6. The van der Waals surface area contributed by atoms with E-state index in [2.05, 4.69) is 20.8 Å². The number of carbonyl (C=O) groups excluding carboxylic acids is 6. The maximum Gasteiger partial charge on any atom is 0.260 e. The monoisotopic (exact) mass is 1000 g/mol. The van der Waals surface area contributed by atoms with E-state index < -0.39 is 50.1 Å². The Balaban J connectivity index is 1.56. The lowest BCUT2D eigenvalue weighted by molar-refractivity contribution is -0.141. The molecule has 15 nitrogen and oxygen atoms in total. The highest BCUT2D eigenvalue weighted by atomic mass is 127. The van der Waals surface area contributed by atoms with Gasteiger partial charge in [-0.15, -0.1) is 11.8 Å². The molecule has 1 aromatic carbocycles. The van der Waals surface area contributed by atoms with Crippen LogP contribution in [0.1, 0.15) is 99.5 Å². The fourth-order valence-electron chi connectivity index (χ4n) is 7.99. The van der Waals surface area contributed by atoms with Crippen LogP contribution in [-0.4, -0.2) is 119 Å². The average molecular weight is 1000 g/mol. The third-order valence-electron chi connectivity index (χ3n) is 11.7. The summed E-state index contributed by atoms with van der Waals surface area (Å²) in [5.74, 6) is -2.28. The summed E-state index contributed by atoms with van der Waals surface area (Å²) in [4.78, 5) is 82.5. The third kappa shape index (κ3) is 14.7. The SMILES string of the molecule is CN[C@H](C(=O)N[C@H](C(=O)N(C)[C@H](/C=C(\C)C(=O)NS(=O)(=O)CCCSC1CC(=O)N(CC2CCC(C(=O)NN(C)I)CC2)C1=O)C(C)C)C(C)(C)C)C(C)(C)c1ccccc1. The van der Waals surface area contributed by atoms with Crippen LogP contribution in [0.3, 0.4) is 0 Å². The highest BCUT2D eigenvalue weighted by molar-refractivity contribution is 14.1. The molecular weight excluding hydrogens is 934 g/mol. The van der Waals surface area contributed by atoms with Crippen LogP contribution in [0.5, 0.6) is 0 Å². The molecule has 1 unspecified atom stereocenters. The van der Waals surface area contributed by atoms with Crippen molar-refractivity contribution in [2.45, 2.75) is 123 Å². The highest BCUT2D eigenvalue weighted by Gasteiger charge is 2.43. The normalized spacial score (nSPS) is 20.7. The topological polar surface area (TPSA) is 194 Å². The summed E-state index contributed by atoms with van der Waals surface area (Å²) >= 11 is 3.23. The van der Waals surface area contributed by atoms with Crippen molar-refractivity contribution in [2.24, 2.45) is 23.2 Å². The van der Waals surface area contributed by atoms with Gasteiger partial charge in [-0.3, -0.25) is 39.1 Å². The number of hydrazine groups is 1. The predicted molar refractivity (Wildman–Crippen MR) is 248 cm³/mol. The fraction of sp³-hybridized carbons (Fsp3) is 0.674. The molecule has 342 valence electrons. The van der Waals surface area contributed by atoms with Gasteiger partial charge in [0.2, 0.25) is 39.6 Å². The summed E-state index contributed by atoms with van der Waals surface area (Å²) in [6.07, 6.45) is 4.64. The number of rotatable bonds is 20. The van der Waals surface area contributed by atoms with Crippen molar-refractivity contribution in [3.8, 4) is 0 Å². The molecular formula is C43H68IN7O8S2. The number of nitrogens with one attached hydrogen (secondary N) is 4. The van der Waals surface area contributed by atoms with Gasteiger partial charge in [-0.2, -0.15) is 3.22 Å². The van der Waals surface area contributed by atoms with Gasteiger partial charge in [0, 0.05) is 66.8 Å². The molecule has 0 bridgehead atoms. The Bertz CT molecular complexity index is 1860. The summed E-state index contributed by atoms with van der Waals surface area (Å²) < 4.78 is 29.8. The molecule has 0 spiro atoms. The standard InChI is InChI=1S/C43H68IN7O8S2/c1-27(2)32(49(10)41(57)36(42(4,5)6)46-39(55)35(45-9)43(7,8)31-16-13-12-14-17-31)24-28(3)37(53)48-61(58,59)23-15-22-60-33-25-34(52)51(40(33)56)26-29-18-20-30(21-19-29)38(54)47-50(11)44/h12-14,16-17,24,27,29-30,32-33,35-36,45H,15,18-23,25-26H2,1-11H3,(H,46,55)(H,47,54)(H,48,53)/b28-24+/t29?,30?,32-,33?,35-,36-/m1/s1. The van der Waals surface area contributed by atoms with E-state index in [1.807, 2.05) is 102 Å². The number of halogens is 1. The summed E-state index contributed by atoms with van der Waals surface area (Å²) in [7, 11) is 1.01. The van der Waals surface area contributed by atoms with Crippen molar-refractivity contribution in [1.82, 2.24) is 33.8 Å². The van der Waals surface area contributed by atoms with Crippen LogP contribution < -0.4 is 20.8 Å². The second kappa shape index (κ2) is 22.5. The number of likely N-dealkylation sites (tertiary alicyclic amines) is 1. The Morgan fingerprint density at radius 2 is 1.59 bits per heavy atom. The molecule has 1 aliphatic carbocycles. The van der Waals surface area contributed by atoms with Crippen molar-refractivity contribution in [3.63, 3.8) is 0 Å². The predicted octanol–water partition coefficient (Wildman–Crippen LogP) is 4.33. The quantitative estimate of drug-likeness (QED) is 0.0363. The minimum absolute atomic E-state index is 0.0265. The molecule has 1 aliphatic heterocycles. The molecule has 6 amide bonds. The number of thioether (sulfide) groups is 1. The fourth-order valence-corrected chi connectivity index (χ4v) is 10.6. The molecule has 1 aromatic rings. The molecule has 4 N–H and O–H groups in total. The van der Waals surface area contributed by atoms with E-state index in [9.17, 15) is 37.2 Å². The largest absolute Gasteiger partial charge is 0.342 e. The molecule has 1 heterocycles. The number of hydrogen-bond donors (Lipinski definition) is 4. The van der Waals surface area contributed by atoms with Gasteiger partial charge in [0.1, 0.15) is 6.04 Å². The second-order valence-electron chi connectivity index (χ2n) is 18.3. The van der Waals surface area contributed by atoms with Crippen molar-refractivity contribution in [1.29, 1.82) is 0 Å². The van der Waals surface area contributed by atoms with Crippen molar-refractivity contribution >= 4 is 80.1 Å². The molecule has 1 saturated heterocycles. The summed E-state index contributed by atoms with van der Waals surface area (Å²) in [6.45, 7) is 15.1. The van der Waals surface area contributed by atoms with Gasteiger partial charge in [-0.05, 0) is 74.6 Å². The van der Waals surface area contributed by atoms with E-state index in [-0.39, 0.29) is 71.5 Å². The number of likely N-dealkylation sites (N-methyl/N-ethyl adjacent to an activating group) is 2. The molecule has 1 saturated carbocycles. The molecule has 0 aromatic heterocycles. The Morgan fingerprint density at radius 3 is 2.13 bits per heavy atom. The van der Waals surface area contributed by atoms with Crippen molar-refractivity contribution in [2.75, 3.05) is 39.2 Å². The third-order valence-corrected chi connectivity index (χ3v) is 14.6. The maximum atomic E-state index is 14.2. The van der Waals surface area contributed by atoms with Gasteiger partial charge in [0.25, 0.3) is 5.91 Å². The van der Waals surface area contributed by atoms with Crippen LogP contribution in [0, 0.1) is 23.2 Å². The van der Waals surface area contributed by atoms with E-state index in [1.165, 1.54) is 28.5 Å². The Kier molecular flexibility index (Phi) is 19.3. The molecule has 61 heavy (non-hydrogen) atoms. The van der Waals surface area contributed by atoms with E-state index in [4.69, 9.17) is 0 Å². The molecule has 18 heteroatoms. The van der Waals surface area contributed by atoms with E-state index in [1.54, 1.807) is 30.4 Å². The first-order valence-electron chi connectivity index (χ1n) is 21.0. The number of benzene rings is 1. The number of amides is 6. The van der Waals surface area contributed by atoms with E-state index in [0.29, 0.717) is 25.1 Å². The van der Waals surface area contributed by atoms with Crippen LogP contribution >= 0.6 is 34.6 Å². The lowest BCUT2D eigenvalue weighted by atomic mass is 9.76. The van der Waals surface area contributed by atoms with Crippen LogP contribution in [0.15, 0.2) is 42.0 Å². The zero-order valence-electron chi connectivity index (χ0n) is 37.7. The Morgan fingerprint density at radius 1 is 0.984 bits per heavy atom. The number of imide groups is 1. The van der Waals surface area contributed by atoms with E-state index in [0.717, 1.165) is 18.4 Å². The van der Waals surface area contributed by atoms with Crippen LogP contribution in [0.4, 0.5) is 0 Å². The molecule has 2 fully saturated rings. The lowest BCUT2D eigenvalue weighted by Crippen LogP contribution is -2.61. The van der Waals surface area contributed by atoms with Crippen LogP contribution in [0.25, 0.3) is 0 Å². The zero-order chi connectivity index (χ0) is 46.0. The van der Waals surface area contributed by atoms with Crippen LogP contribution in [0.2, 0.25) is 0 Å². The maximum absolute atomic E-state index is 14.2. The van der Waals surface area contributed by atoms with Gasteiger partial charge in [-0.1, -0.05) is 84.9 Å². The van der Waals surface area contributed by atoms with Crippen molar-refractivity contribution in [3.05, 3.63) is 47.5 Å². The summed E-state index contributed by atoms with van der Waals surface area (Å²) in [6, 6.07) is 7.46.